The number of rotatable bonds is 6. The molecule has 144 valence electrons. The highest BCUT2D eigenvalue weighted by atomic mass is 32.2. The van der Waals surface area contributed by atoms with E-state index >= 15 is 0 Å². The molecule has 2 heterocycles. The van der Waals surface area contributed by atoms with Crippen LogP contribution in [-0.2, 0) is 4.79 Å². The van der Waals surface area contributed by atoms with Gasteiger partial charge in [0.25, 0.3) is 0 Å². The average Bonchev–Trinajstić information content (AvgIpc) is 3.20. The van der Waals surface area contributed by atoms with Crippen molar-refractivity contribution < 1.29 is 18.7 Å². The maximum absolute atomic E-state index is 13.0. The number of halogens is 1. The monoisotopic (exact) mass is 399 g/mol. The Morgan fingerprint density at radius 2 is 2.00 bits per heavy atom. The Hall–Kier alpha value is -3.00. The van der Waals surface area contributed by atoms with Crippen LogP contribution in [0.25, 0.3) is 11.3 Å². The van der Waals surface area contributed by atoms with Crippen LogP contribution >= 0.6 is 11.8 Å². The van der Waals surface area contributed by atoms with Crippen LogP contribution in [0.3, 0.4) is 0 Å². The van der Waals surface area contributed by atoms with Gasteiger partial charge < -0.3 is 19.8 Å². The van der Waals surface area contributed by atoms with Crippen LogP contribution in [0, 0.1) is 5.82 Å². The number of carbonyl (C=O) groups is 1. The van der Waals surface area contributed by atoms with Crippen molar-refractivity contribution in [2.75, 3.05) is 18.9 Å². The van der Waals surface area contributed by atoms with Crippen LogP contribution in [0.15, 0.2) is 59.9 Å². The maximum Gasteiger partial charge on any atom is 0.230 e. The van der Waals surface area contributed by atoms with Crippen molar-refractivity contribution in [3.8, 4) is 22.8 Å². The molecule has 2 aromatic carbocycles. The minimum Gasteiger partial charge on any atom is -0.486 e. The molecule has 1 amide bonds. The van der Waals surface area contributed by atoms with E-state index in [0.29, 0.717) is 24.1 Å². The molecule has 1 atom stereocenters. The summed E-state index contributed by atoms with van der Waals surface area (Å²) in [6.45, 7) is 0.760. The molecule has 2 N–H and O–H groups in total. The summed E-state index contributed by atoms with van der Waals surface area (Å²) in [5.41, 5.74) is 1.61. The van der Waals surface area contributed by atoms with E-state index in [4.69, 9.17) is 9.47 Å². The first kappa shape index (κ1) is 18.4. The molecule has 3 aromatic rings. The lowest BCUT2D eigenvalue weighted by Crippen LogP contribution is -2.41. The van der Waals surface area contributed by atoms with Crippen molar-refractivity contribution in [2.24, 2.45) is 0 Å². The van der Waals surface area contributed by atoms with Gasteiger partial charge in [0.2, 0.25) is 5.91 Å². The molecule has 0 aliphatic carbocycles. The summed E-state index contributed by atoms with van der Waals surface area (Å²) in [6, 6.07) is 13.6. The number of nitrogens with one attached hydrogen (secondary N) is 2. The molecule has 8 heteroatoms. The molecule has 0 fully saturated rings. The third kappa shape index (κ3) is 4.45. The van der Waals surface area contributed by atoms with Gasteiger partial charge in [-0.1, -0.05) is 23.9 Å². The number of hydrogen-bond donors (Lipinski definition) is 2. The first-order valence-electron chi connectivity index (χ1n) is 8.76. The Bertz CT molecular complexity index is 961. The zero-order valence-electron chi connectivity index (χ0n) is 14.9. The number of ether oxygens (including phenoxy) is 2. The highest BCUT2D eigenvalue weighted by Gasteiger charge is 2.21. The summed E-state index contributed by atoms with van der Waals surface area (Å²) in [4.78, 5) is 19.5. The van der Waals surface area contributed by atoms with Gasteiger partial charge in [-0.2, -0.15) is 0 Å². The molecule has 0 saturated heterocycles. The summed E-state index contributed by atoms with van der Waals surface area (Å²) < 4.78 is 24.5. The van der Waals surface area contributed by atoms with E-state index in [9.17, 15) is 9.18 Å². The van der Waals surface area contributed by atoms with E-state index in [2.05, 4.69) is 15.3 Å². The fourth-order valence-corrected chi connectivity index (χ4v) is 3.41. The Kier molecular flexibility index (Phi) is 5.48. The van der Waals surface area contributed by atoms with E-state index in [-0.39, 0.29) is 23.6 Å². The van der Waals surface area contributed by atoms with E-state index in [1.165, 1.54) is 23.9 Å². The predicted octanol–water partition coefficient (Wildman–Crippen LogP) is 3.26. The van der Waals surface area contributed by atoms with Gasteiger partial charge in [-0.15, -0.1) is 0 Å². The number of nitrogens with zero attached hydrogens (tertiary/aromatic N) is 1. The number of hydrogen-bond acceptors (Lipinski definition) is 5. The van der Waals surface area contributed by atoms with Crippen molar-refractivity contribution >= 4 is 17.7 Å². The molecule has 0 saturated carbocycles. The third-order valence-corrected chi connectivity index (χ3v) is 5.03. The number of thioether (sulfide) groups is 1. The highest BCUT2D eigenvalue weighted by molar-refractivity contribution is 7.99. The van der Waals surface area contributed by atoms with Gasteiger partial charge >= 0.3 is 0 Å². The van der Waals surface area contributed by atoms with E-state index in [1.807, 2.05) is 24.3 Å². The number of H-pyrrole nitrogens is 1. The first-order valence-corrected chi connectivity index (χ1v) is 9.75. The van der Waals surface area contributed by atoms with Crippen LogP contribution in [0.4, 0.5) is 4.39 Å². The van der Waals surface area contributed by atoms with E-state index in [1.54, 1.807) is 18.3 Å². The average molecular weight is 399 g/mol. The van der Waals surface area contributed by atoms with Gasteiger partial charge in [0.15, 0.2) is 16.7 Å². The summed E-state index contributed by atoms with van der Waals surface area (Å²) in [5.74, 6) is 1.22. The maximum atomic E-state index is 13.0. The molecule has 1 aromatic heterocycles. The molecule has 4 rings (SSSR count). The van der Waals surface area contributed by atoms with Crippen LogP contribution in [0.5, 0.6) is 11.5 Å². The number of aromatic nitrogens is 2. The molecule has 0 unspecified atom stereocenters. The van der Waals surface area contributed by atoms with Crippen LogP contribution in [-0.4, -0.2) is 40.9 Å². The zero-order chi connectivity index (χ0) is 19.3. The van der Waals surface area contributed by atoms with Crippen molar-refractivity contribution in [2.45, 2.75) is 11.3 Å². The topological polar surface area (TPSA) is 76.2 Å². The summed E-state index contributed by atoms with van der Waals surface area (Å²) >= 11 is 1.30. The van der Waals surface area contributed by atoms with Crippen molar-refractivity contribution in [3.63, 3.8) is 0 Å². The minimum absolute atomic E-state index is 0.118. The van der Waals surface area contributed by atoms with Crippen LogP contribution in [0.1, 0.15) is 0 Å². The fourth-order valence-electron chi connectivity index (χ4n) is 2.73. The molecule has 6 nitrogen and oxygen atoms in total. The molecule has 0 radical (unpaired) electrons. The minimum atomic E-state index is -0.287. The normalized spacial score (nSPS) is 15.2. The Labute approximate surface area is 165 Å². The number of para-hydroxylation sites is 2. The molecule has 1 aliphatic rings. The predicted molar refractivity (Wildman–Crippen MR) is 104 cm³/mol. The van der Waals surface area contributed by atoms with Gasteiger partial charge in [0.05, 0.1) is 24.2 Å². The number of imidazole rings is 1. The molecule has 0 spiro atoms. The largest absolute Gasteiger partial charge is 0.486 e. The number of amides is 1. The molecule has 28 heavy (non-hydrogen) atoms. The summed E-state index contributed by atoms with van der Waals surface area (Å²) in [5, 5.41) is 3.48. The second-order valence-corrected chi connectivity index (χ2v) is 7.16. The lowest BCUT2D eigenvalue weighted by atomic mass is 10.2. The summed E-state index contributed by atoms with van der Waals surface area (Å²) in [7, 11) is 0. The van der Waals surface area contributed by atoms with Gasteiger partial charge in [0.1, 0.15) is 18.5 Å². The van der Waals surface area contributed by atoms with Gasteiger partial charge in [-0.05, 0) is 42.0 Å². The molecular formula is C20H18FN3O3S. The second-order valence-electron chi connectivity index (χ2n) is 6.20. The number of carbonyl (C=O) groups excluding carboxylic acids is 1. The molecule has 0 bridgehead atoms. The Balaban J connectivity index is 1.24. The first-order chi connectivity index (χ1) is 13.7. The second kappa shape index (κ2) is 8.35. The van der Waals surface area contributed by atoms with Gasteiger partial charge in [-0.3, -0.25) is 4.79 Å². The summed E-state index contributed by atoms with van der Waals surface area (Å²) in [6.07, 6.45) is 1.44. The molecule has 1 aliphatic heterocycles. The lowest BCUT2D eigenvalue weighted by Gasteiger charge is -2.26. The zero-order valence-corrected chi connectivity index (χ0v) is 15.7. The van der Waals surface area contributed by atoms with Crippen molar-refractivity contribution in [3.05, 3.63) is 60.5 Å². The standard InChI is InChI=1S/C20H18FN3O3S/c21-14-7-5-13(6-8-14)16-10-23-20(24-16)28-12-19(25)22-9-15-11-26-17-3-1-2-4-18(17)27-15/h1-8,10,15H,9,11-12H2,(H,22,25)(H,23,24)/t15-/m0/s1. The molecular weight excluding hydrogens is 381 g/mol. The smallest absolute Gasteiger partial charge is 0.230 e. The Morgan fingerprint density at radius 1 is 1.21 bits per heavy atom. The van der Waals surface area contributed by atoms with E-state index in [0.717, 1.165) is 17.0 Å². The number of fused-ring (bicyclic) bond motifs is 1. The third-order valence-electron chi connectivity index (χ3n) is 4.14. The van der Waals surface area contributed by atoms with Gasteiger partial charge in [-0.25, -0.2) is 9.37 Å². The number of aromatic amines is 1. The Morgan fingerprint density at radius 3 is 2.82 bits per heavy atom. The SMILES string of the molecule is O=C(CSc1ncc(-c2ccc(F)cc2)[nH]1)NC[C@H]1COc2ccccc2O1. The van der Waals surface area contributed by atoms with Crippen molar-refractivity contribution in [1.29, 1.82) is 0 Å². The highest BCUT2D eigenvalue weighted by Crippen LogP contribution is 2.30. The lowest BCUT2D eigenvalue weighted by molar-refractivity contribution is -0.119. The van der Waals surface area contributed by atoms with Gasteiger partial charge in [0, 0.05) is 0 Å². The number of benzene rings is 2. The van der Waals surface area contributed by atoms with Crippen LogP contribution < -0.4 is 14.8 Å². The fraction of sp³-hybridized carbons (Fsp3) is 0.200. The van der Waals surface area contributed by atoms with Crippen molar-refractivity contribution in [1.82, 2.24) is 15.3 Å². The quantitative estimate of drug-likeness (QED) is 0.622. The van der Waals surface area contributed by atoms with E-state index < -0.39 is 0 Å². The van der Waals surface area contributed by atoms with Crippen LogP contribution in [0.2, 0.25) is 0 Å².